The van der Waals surface area contributed by atoms with E-state index in [1.54, 1.807) is 0 Å². The van der Waals surface area contributed by atoms with Crippen LogP contribution in [0.3, 0.4) is 0 Å². The molecule has 5 heteroatoms. The molecule has 19 heavy (non-hydrogen) atoms. The minimum absolute atomic E-state index is 0.241. The second-order valence-electron chi connectivity index (χ2n) is 5.05. The summed E-state index contributed by atoms with van der Waals surface area (Å²) in [5.74, 6) is 0.940. The number of piperidine rings is 1. The van der Waals surface area contributed by atoms with Crippen molar-refractivity contribution < 1.29 is 4.39 Å². The predicted octanol–water partition coefficient (Wildman–Crippen LogP) is 2.00. The summed E-state index contributed by atoms with van der Waals surface area (Å²) in [5.41, 5.74) is 0.514. The van der Waals surface area contributed by atoms with Crippen LogP contribution in [0.25, 0.3) is 0 Å². The minimum atomic E-state index is -0.241. The van der Waals surface area contributed by atoms with Gasteiger partial charge in [-0.05, 0) is 38.3 Å². The fraction of sp³-hybridized carbons (Fsp3) is 0.714. The highest BCUT2D eigenvalue weighted by Crippen LogP contribution is 2.24. The quantitative estimate of drug-likeness (QED) is 0.885. The zero-order valence-corrected chi connectivity index (χ0v) is 11.8. The highest BCUT2D eigenvalue weighted by Gasteiger charge is 2.23. The van der Waals surface area contributed by atoms with E-state index in [1.165, 1.54) is 6.33 Å². The first kappa shape index (κ1) is 14.2. The van der Waals surface area contributed by atoms with Crippen LogP contribution in [0.5, 0.6) is 0 Å². The number of anilines is 1. The largest absolute Gasteiger partial charge is 0.354 e. The molecule has 0 aromatic carbocycles. The molecule has 1 aromatic heterocycles. The Morgan fingerprint density at radius 1 is 1.32 bits per heavy atom. The summed E-state index contributed by atoms with van der Waals surface area (Å²) >= 11 is 0. The third-order valence-corrected chi connectivity index (χ3v) is 3.78. The van der Waals surface area contributed by atoms with Gasteiger partial charge in [-0.1, -0.05) is 13.8 Å². The zero-order chi connectivity index (χ0) is 13.7. The molecular weight excluding hydrogens is 243 g/mol. The number of rotatable bonds is 5. The van der Waals surface area contributed by atoms with Crippen molar-refractivity contribution in [3.05, 3.63) is 17.8 Å². The SMILES string of the molecule is CCNCC1CCN(c2ncnc(CC)c2F)CC1. The number of nitrogens with one attached hydrogen (secondary N) is 1. The van der Waals surface area contributed by atoms with Crippen molar-refractivity contribution in [3.8, 4) is 0 Å². The van der Waals surface area contributed by atoms with Crippen LogP contribution in [0.1, 0.15) is 32.4 Å². The monoisotopic (exact) mass is 266 g/mol. The van der Waals surface area contributed by atoms with Gasteiger partial charge in [0.2, 0.25) is 0 Å². The maximum Gasteiger partial charge on any atom is 0.187 e. The lowest BCUT2D eigenvalue weighted by Crippen LogP contribution is -2.38. The molecule has 1 saturated heterocycles. The molecule has 0 unspecified atom stereocenters. The standard InChI is InChI=1S/C14H23FN4/c1-3-12-13(15)14(18-10-17-12)19-7-5-11(6-8-19)9-16-4-2/h10-11,16H,3-9H2,1-2H3. The number of nitrogens with zero attached hydrogens (tertiary/aromatic N) is 3. The van der Waals surface area contributed by atoms with Crippen molar-refractivity contribution >= 4 is 5.82 Å². The second kappa shape index (κ2) is 6.80. The number of aryl methyl sites for hydroxylation is 1. The summed E-state index contributed by atoms with van der Waals surface area (Å²) in [6.45, 7) is 7.88. The molecule has 4 nitrogen and oxygen atoms in total. The van der Waals surface area contributed by atoms with Gasteiger partial charge in [-0.2, -0.15) is 0 Å². The molecule has 0 atom stereocenters. The first-order chi connectivity index (χ1) is 9.26. The highest BCUT2D eigenvalue weighted by molar-refractivity contribution is 5.41. The maximum absolute atomic E-state index is 14.2. The number of hydrogen-bond donors (Lipinski definition) is 1. The lowest BCUT2D eigenvalue weighted by molar-refractivity contribution is 0.382. The van der Waals surface area contributed by atoms with E-state index in [1.807, 2.05) is 6.92 Å². The Morgan fingerprint density at radius 3 is 2.68 bits per heavy atom. The van der Waals surface area contributed by atoms with Gasteiger partial charge in [0.15, 0.2) is 11.6 Å². The molecule has 106 valence electrons. The molecule has 2 rings (SSSR count). The topological polar surface area (TPSA) is 41.0 Å². The first-order valence-corrected chi connectivity index (χ1v) is 7.21. The van der Waals surface area contributed by atoms with Crippen molar-refractivity contribution in [1.82, 2.24) is 15.3 Å². The van der Waals surface area contributed by atoms with E-state index in [4.69, 9.17) is 0 Å². The average molecular weight is 266 g/mol. The molecule has 1 fully saturated rings. The van der Waals surface area contributed by atoms with Gasteiger partial charge in [0.25, 0.3) is 0 Å². The minimum Gasteiger partial charge on any atom is -0.354 e. The van der Waals surface area contributed by atoms with Crippen LogP contribution in [-0.2, 0) is 6.42 Å². The third-order valence-electron chi connectivity index (χ3n) is 3.78. The number of hydrogen-bond acceptors (Lipinski definition) is 4. The van der Waals surface area contributed by atoms with E-state index in [0.717, 1.165) is 39.0 Å². The van der Waals surface area contributed by atoms with Crippen molar-refractivity contribution in [2.24, 2.45) is 5.92 Å². The Hall–Kier alpha value is -1.23. The Labute approximate surface area is 114 Å². The molecule has 0 radical (unpaired) electrons. The highest BCUT2D eigenvalue weighted by atomic mass is 19.1. The fourth-order valence-corrected chi connectivity index (χ4v) is 2.56. The van der Waals surface area contributed by atoms with Gasteiger partial charge in [0.05, 0.1) is 5.69 Å². The van der Waals surface area contributed by atoms with Crippen molar-refractivity contribution in [2.75, 3.05) is 31.1 Å². The second-order valence-corrected chi connectivity index (χ2v) is 5.05. The van der Waals surface area contributed by atoms with E-state index in [0.29, 0.717) is 23.9 Å². The van der Waals surface area contributed by atoms with Crippen LogP contribution in [-0.4, -0.2) is 36.1 Å². The van der Waals surface area contributed by atoms with E-state index in [9.17, 15) is 4.39 Å². The Bertz CT molecular complexity index is 402. The van der Waals surface area contributed by atoms with Gasteiger partial charge in [-0.15, -0.1) is 0 Å². The summed E-state index contributed by atoms with van der Waals surface area (Å²) in [7, 11) is 0. The summed E-state index contributed by atoms with van der Waals surface area (Å²) < 4.78 is 14.2. The van der Waals surface area contributed by atoms with Gasteiger partial charge in [-0.3, -0.25) is 0 Å². The summed E-state index contributed by atoms with van der Waals surface area (Å²) in [4.78, 5) is 10.2. The summed E-state index contributed by atoms with van der Waals surface area (Å²) in [6, 6.07) is 0. The third kappa shape index (κ3) is 3.41. The van der Waals surface area contributed by atoms with E-state index in [2.05, 4.69) is 27.1 Å². The molecule has 1 aliphatic rings. The molecule has 0 spiro atoms. The molecular formula is C14H23FN4. The van der Waals surface area contributed by atoms with Crippen molar-refractivity contribution in [3.63, 3.8) is 0 Å². The van der Waals surface area contributed by atoms with Gasteiger partial charge in [0, 0.05) is 13.1 Å². The number of halogens is 1. The van der Waals surface area contributed by atoms with Crippen LogP contribution in [0, 0.1) is 11.7 Å². The molecule has 0 bridgehead atoms. The van der Waals surface area contributed by atoms with E-state index in [-0.39, 0.29) is 5.82 Å². The predicted molar refractivity (Wildman–Crippen MR) is 74.8 cm³/mol. The molecule has 0 saturated carbocycles. The molecule has 0 aliphatic carbocycles. The summed E-state index contributed by atoms with van der Waals surface area (Å²) in [6.07, 6.45) is 4.27. The van der Waals surface area contributed by atoms with E-state index >= 15 is 0 Å². The van der Waals surface area contributed by atoms with Crippen molar-refractivity contribution in [1.29, 1.82) is 0 Å². The lowest BCUT2D eigenvalue weighted by atomic mass is 9.97. The zero-order valence-electron chi connectivity index (χ0n) is 11.8. The Balaban J connectivity index is 1.98. The molecule has 1 aromatic rings. The average Bonchev–Trinajstić information content (AvgIpc) is 2.46. The molecule has 1 aliphatic heterocycles. The van der Waals surface area contributed by atoms with Crippen molar-refractivity contribution in [2.45, 2.75) is 33.1 Å². The van der Waals surface area contributed by atoms with Crippen LogP contribution in [0.4, 0.5) is 10.2 Å². The Morgan fingerprint density at radius 2 is 2.05 bits per heavy atom. The normalized spacial score (nSPS) is 16.9. The van der Waals surface area contributed by atoms with Gasteiger partial charge < -0.3 is 10.2 Å². The maximum atomic E-state index is 14.2. The summed E-state index contributed by atoms with van der Waals surface area (Å²) in [5, 5.41) is 3.38. The Kier molecular flexibility index (Phi) is 5.07. The van der Waals surface area contributed by atoms with Gasteiger partial charge in [0.1, 0.15) is 6.33 Å². The molecule has 2 heterocycles. The lowest BCUT2D eigenvalue weighted by Gasteiger charge is -2.33. The molecule has 0 amide bonds. The first-order valence-electron chi connectivity index (χ1n) is 7.21. The van der Waals surface area contributed by atoms with Gasteiger partial charge in [-0.25, -0.2) is 14.4 Å². The van der Waals surface area contributed by atoms with Crippen LogP contribution >= 0.6 is 0 Å². The smallest absolute Gasteiger partial charge is 0.187 e. The van der Waals surface area contributed by atoms with Gasteiger partial charge >= 0.3 is 0 Å². The molecule has 1 N–H and O–H groups in total. The van der Waals surface area contributed by atoms with E-state index < -0.39 is 0 Å². The fourth-order valence-electron chi connectivity index (χ4n) is 2.56. The van der Waals surface area contributed by atoms with Crippen LogP contribution in [0.2, 0.25) is 0 Å². The van der Waals surface area contributed by atoms with Crippen LogP contribution in [0.15, 0.2) is 6.33 Å². The van der Waals surface area contributed by atoms with Crippen LogP contribution < -0.4 is 10.2 Å². The number of aromatic nitrogens is 2.